The van der Waals surface area contributed by atoms with E-state index in [4.69, 9.17) is 15.2 Å². The second-order valence-corrected chi connectivity index (χ2v) is 4.69. The molecule has 5 nitrogen and oxygen atoms in total. The minimum atomic E-state index is -0.379. The molecule has 0 atom stereocenters. The van der Waals surface area contributed by atoms with E-state index in [0.29, 0.717) is 23.4 Å². The van der Waals surface area contributed by atoms with Gasteiger partial charge in [-0.3, -0.25) is 0 Å². The molecule has 1 fully saturated rings. The topological polar surface area (TPSA) is 73.6 Å². The Morgan fingerprint density at radius 1 is 1.47 bits per heavy atom. The molecule has 1 saturated carbocycles. The van der Waals surface area contributed by atoms with Gasteiger partial charge in [-0.25, -0.2) is 4.79 Å². The third kappa shape index (κ3) is 3.17. The van der Waals surface area contributed by atoms with Crippen LogP contribution in [0.3, 0.4) is 0 Å². The summed E-state index contributed by atoms with van der Waals surface area (Å²) in [6, 6.07) is 5.55. The average Bonchev–Trinajstić information content (AvgIpc) is 2.37. The Morgan fingerprint density at radius 2 is 2.21 bits per heavy atom. The molecule has 1 aliphatic rings. The molecule has 0 aromatic heterocycles. The third-order valence-electron chi connectivity index (χ3n) is 3.31. The van der Waals surface area contributed by atoms with E-state index in [9.17, 15) is 4.79 Å². The summed E-state index contributed by atoms with van der Waals surface area (Å²) in [6.45, 7) is 2.74. The van der Waals surface area contributed by atoms with Gasteiger partial charge >= 0.3 is 5.97 Å². The van der Waals surface area contributed by atoms with Gasteiger partial charge in [0.15, 0.2) is 0 Å². The average molecular weight is 264 g/mol. The molecule has 0 heterocycles. The molecule has 5 heteroatoms. The molecule has 0 aliphatic heterocycles. The predicted octanol–water partition coefficient (Wildman–Crippen LogP) is 2.03. The van der Waals surface area contributed by atoms with Gasteiger partial charge in [-0.1, -0.05) is 0 Å². The highest BCUT2D eigenvalue weighted by Gasteiger charge is 2.30. The first-order chi connectivity index (χ1) is 9.13. The molecule has 3 N–H and O–H groups in total. The first-order valence-corrected chi connectivity index (χ1v) is 6.50. The lowest BCUT2D eigenvalue weighted by Crippen LogP contribution is -2.41. The number of hydrogen-bond donors (Lipinski definition) is 2. The first-order valence-electron chi connectivity index (χ1n) is 6.50. The zero-order chi connectivity index (χ0) is 13.8. The van der Waals surface area contributed by atoms with Crippen molar-refractivity contribution in [3.8, 4) is 0 Å². The molecule has 2 rings (SSSR count). The van der Waals surface area contributed by atoms with E-state index in [1.165, 1.54) is 7.11 Å². The van der Waals surface area contributed by atoms with Crippen LogP contribution in [0.25, 0.3) is 0 Å². The van der Waals surface area contributed by atoms with Crippen molar-refractivity contribution < 1.29 is 14.3 Å². The first kappa shape index (κ1) is 13.7. The van der Waals surface area contributed by atoms with Crippen LogP contribution < -0.4 is 11.1 Å². The van der Waals surface area contributed by atoms with Crippen molar-refractivity contribution in [3.63, 3.8) is 0 Å². The van der Waals surface area contributed by atoms with Crippen molar-refractivity contribution in [3.05, 3.63) is 23.8 Å². The fourth-order valence-electron chi connectivity index (χ4n) is 2.24. The molecule has 0 amide bonds. The van der Waals surface area contributed by atoms with Gasteiger partial charge in [-0.05, 0) is 38.0 Å². The number of rotatable bonds is 5. The number of nitrogens with one attached hydrogen (secondary N) is 1. The standard InChI is InChI=1S/C14H20N2O3/c1-3-19-11-7-10(8-11)16-13-5-4-9(15)6-12(13)14(17)18-2/h4-6,10-11,16H,3,7-8,15H2,1-2H3. The van der Waals surface area contributed by atoms with Crippen LogP contribution in [0.5, 0.6) is 0 Å². The third-order valence-corrected chi connectivity index (χ3v) is 3.31. The van der Waals surface area contributed by atoms with Gasteiger partial charge in [0.05, 0.1) is 18.8 Å². The summed E-state index contributed by atoms with van der Waals surface area (Å²) < 4.78 is 10.3. The molecule has 0 radical (unpaired) electrons. The monoisotopic (exact) mass is 264 g/mol. The minimum Gasteiger partial charge on any atom is -0.465 e. The van der Waals surface area contributed by atoms with Gasteiger partial charge in [0, 0.05) is 24.0 Å². The van der Waals surface area contributed by atoms with E-state index in [2.05, 4.69) is 5.32 Å². The van der Waals surface area contributed by atoms with E-state index in [1.54, 1.807) is 12.1 Å². The maximum atomic E-state index is 11.7. The van der Waals surface area contributed by atoms with Gasteiger partial charge < -0.3 is 20.5 Å². The number of benzene rings is 1. The normalized spacial score (nSPS) is 21.6. The number of anilines is 2. The van der Waals surface area contributed by atoms with E-state index in [0.717, 1.165) is 25.1 Å². The summed E-state index contributed by atoms with van der Waals surface area (Å²) >= 11 is 0. The summed E-state index contributed by atoms with van der Waals surface area (Å²) in [5.41, 5.74) is 7.49. The summed E-state index contributed by atoms with van der Waals surface area (Å²) in [7, 11) is 1.36. The Bertz CT molecular complexity index is 456. The van der Waals surface area contributed by atoms with Crippen molar-refractivity contribution in [2.24, 2.45) is 0 Å². The van der Waals surface area contributed by atoms with Crippen LogP contribution >= 0.6 is 0 Å². The lowest BCUT2D eigenvalue weighted by molar-refractivity contribution is 0.00298. The van der Waals surface area contributed by atoms with Crippen LogP contribution in [0.4, 0.5) is 11.4 Å². The second kappa shape index (κ2) is 5.93. The number of methoxy groups -OCH3 is 1. The molecule has 104 valence electrons. The Hall–Kier alpha value is -1.75. The largest absolute Gasteiger partial charge is 0.465 e. The highest BCUT2D eigenvalue weighted by Crippen LogP contribution is 2.29. The van der Waals surface area contributed by atoms with Crippen LogP contribution in [0.1, 0.15) is 30.1 Å². The molecule has 1 aromatic rings. The number of carbonyl (C=O) groups is 1. The van der Waals surface area contributed by atoms with E-state index in [1.807, 2.05) is 13.0 Å². The van der Waals surface area contributed by atoms with E-state index in [-0.39, 0.29) is 5.97 Å². The van der Waals surface area contributed by atoms with Crippen LogP contribution in [-0.4, -0.2) is 31.8 Å². The van der Waals surface area contributed by atoms with Gasteiger partial charge in [0.1, 0.15) is 0 Å². The minimum absolute atomic E-state index is 0.331. The van der Waals surface area contributed by atoms with Crippen LogP contribution in [0.2, 0.25) is 0 Å². The molecule has 0 saturated heterocycles. The molecule has 0 spiro atoms. The van der Waals surface area contributed by atoms with E-state index < -0.39 is 0 Å². The quantitative estimate of drug-likeness (QED) is 0.629. The molecular formula is C14H20N2O3. The maximum Gasteiger partial charge on any atom is 0.340 e. The van der Waals surface area contributed by atoms with Gasteiger partial charge in [-0.15, -0.1) is 0 Å². The van der Waals surface area contributed by atoms with Crippen LogP contribution in [0, 0.1) is 0 Å². The number of hydrogen-bond acceptors (Lipinski definition) is 5. The second-order valence-electron chi connectivity index (χ2n) is 4.69. The molecule has 19 heavy (non-hydrogen) atoms. The highest BCUT2D eigenvalue weighted by atomic mass is 16.5. The molecule has 1 aliphatic carbocycles. The summed E-state index contributed by atoms with van der Waals surface area (Å²) in [6.07, 6.45) is 2.25. The van der Waals surface area contributed by atoms with Gasteiger partial charge in [0.2, 0.25) is 0 Å². The molecule has 0 unspecified atom stereocenters. The molecular weight excluding hydrogens is 244 g/mol. The Balaban J connectivity index is 2.02. The number of nitrogens with two attached hydrogens (primary N) is 1. The zero-order valence-corrected chi connectivity index (χ0v) is 11.3. The van der Waals surface area contributed by atoms with Crippen LogP contribution in [0.15, 0.2) is 18.2 Å². The number of ether oxygens (including phenoxy) is 2. The van der Waals surface area contributed by atoms with Crippen LogP contribution in [-0.2, 0) is 9.47 Å². The number of carbonyl (C=O) groups excluding carboxylic acids is 1. The van der Waals surface area contributed by atoms with E-state index >= 15 is 0 Å². The van der Waals surface area contributed by atoms with Crippen molar-refractivity contribution in [1.82, 2.24) is 0 Å². The SMILES string of the molecule is CCOC1CC(Nc2ccc(N)cc2C(=O)OC)C1. The Kier molecular flexibility index (Phi) is 4.27. The lowest BCUT2D eigenvalue weighted by atomic mass is 9.88. The molecule has 0 bridgehead atoms. The molecule has 1 aromatic carbocycles. The lowest BCUT2D eigenvalue weighted by Gasteiger charge is -2.36. The van der Waals surface area contributed by atoms with Gasteiger partial charge in [0.25, 0.3) is 0 Å². The summed E-state index contributed by atoms with van der Waals surface area (Å²) in [4.78, 5) is 11.7. The van der Waals surface area contributed by atoms with Crippen molar-refractivity contribution in [1.29, 1.82) is 0 Å². The predicted molar refractivity (Wildman–Crippen MR) is 74.3 cm³/mol. The number of nitrogen functional groups attached to an aromatic ring is 1. The summed E-state index contributed by atoms with van der Waals surface area (Å²) in [5.74, 6) is -0.379. The summed E-state index contributed by atoms with van der Waals surface area (Å²) in [5, 5.41) is 3.34. The smallest absolute Gasteiger partial charge is 0.340 e. The zero-order valence-electron chi connectivity index (χ0n) is 11.3. The fraction of sp³-hybridized carbons (Fsp3) is 0.500. The Morgan fingerprint density at radius 3 is 2.84 bits per heavy atom. The van der Waals surface area contributed by atoms with Crippen molar-refractivity contribution in [2.45, 2.75) is 31.9 Å². The Labute approximate surface area is 113 Å². The fourth-order valence-corrected chi connectivity index (χ4v) is 2.24. The maximum absolute atomic E-state index is 11.7. The van der Waals surface area contributed by atoms with Crippen molar-refractivity contribution >= 4 is 17.3 Å². The van der Waals surface area contributed by atoms with Gasteiger partial charge in [-0.2, -0.15) is 0 Å². The van der Waals surface area contributed by atoms with Crippen molar-refractivity contribution in [2.75, 3.05) is 24.8 Å². The number of esters is 1. The highest BCUT2D eigenvalue weighted by molar-refractivity contribution is 5.96.